The number of nitrogens with one attached hydrogen (secondary N) is 2. The molecule has 0 radical (unpaired) electrons. The van der Waals surface area contributed by atoms with Crippen LogP contribution in [0.2, 0.25) is 0 Å². The zero-order valence-electron chi connectivity index (χ0n) is 17.1. The van der Waals surface area contributed by atoms with Gasteiger partial charge in [0.25, 0.3) is 0 Å². The number of thiocarbonyl (C=S) groups is 1. The van der Waals surface area contributed by atoms with E-state index in [9.17, 15) is 0 Å². The van der Waals surface area contributed by atoms with Crippen LogP contribution in [0.3, 0.4) is 0 Å². The molecule has 1 aliphatic rings. The van der Waals surface area contributed by atoms with Crippen molar-refractivity contribution in [2.24, 2.45) is 5.92 Å². The molecule has 0 saturated heterocycles. The number of hydrogen-bond donors (Lipinski definition) is 2. The minimum Gasteiger partial charge on any atom is -0.355 e. The van der Waals surface area contributed by atoms with Crippen LogP contribution >= 0.6 is 28.1 Å². The number of rotatable bonds is 3. The summed E-state index contributed by atoms with van der Waals surface area (Å²) in [5.74, 6) is 0.394. The van der Waals surface area contributed by atoms with Crippen molar-refractivity contribution < 1.29 is 0 Å². The molecular weight excluding hydrogens is 428 g/mol. The Morgan fingerprint density at radius 2 is 1.75 bits per heavy atom. The number of allylic oxidation sites excluding steroid dienone is 2. The van der Waals surface area contributed by atoms with Crippen molar-refractivity contribution >= 4 is 38.9 Å². The SMILES string of the molecule is CC1=CC=CC(C)C1NC(=S)Nc1c(Br)cccc1-c1c(C)cc(C)cc1C. The van der Waals surface area contributed by atoms with Gasteiger partial charge in [0.1, 0.15) is 0 Å². The normalized spacial score (nSPS) is 18.6. The fourth-order valence-corrected chi connectivity index (χ4v) is 4.71. The zero-order valence-corrected chi connectivity index (χ0v) is 19.5. The van der Waals surface area contributed by atoms with E-state index in [0.29, 0.717) is 11.0 Å². The van der Waals surface area contributed by atoms with Gasteiger partial charge in [-0.1, -0.05) is 60.6 Å². The molecule has 1 aliphatic carbocycles. The largest absolute Gasteiger partial charge is 0.355 e. The van der Waals surface area contributed by atoms with Gasteiger partial charge < -0.3 is 10.6 Å². The molecular formula is C24H27BrN2S. The van der Waals surface area contributed by atoms with Gasteiger partial charge in [0.15, 0.2) is 5.11 Å². The zero-order chi connectivity index (χ0) is 20.4. The predicted molar refractivity (Wildman–Crippen MR) is 129 cm³/mol. The summed E-state index contributed by atoms with van der Waals surface area (Å²) in [6.45, 7) is 10.8. The van der Waals surface area contributed by atoms with E-state index in [1.807, 2.05) is 6.07 Å². The second-order valence-corrected chi connectivity index (χ2v) is 8.93. The van der Waals surface area contributed by atoms with Crippen LogP contribution in [0.5, 0.6) is 0 Å². The second-order valence-electron chi connectivity index (χ2n) is 7.67. The summed E-state index contributed by atoms with van der Waals surface area (Å²) in [6.07, 6.45) is 6.46. The molecule has 0 fully saturated rings. The summed E-state index contributed by atoms with van der Waals surface area (Å²) in [5.41, 5.74) is 8.50. The van der Waals surface area contributed by atoms with Crippen LogP contribution in [-0.4, -0.2) is 11.2 Å². The maximum absolute atomic E-state index is 5.68. The number of anilines is 1. The molecule has 0 saturated carbocycles. The van der Waals surface area contributed by atoms with Gasteiger partial charge in [-0.25, -0.2) is 0 Å². The lowest BCUT2D eigenvalue weighted by atomic mass is 9.91. The number of aryl methyl sites for hydroxylation is 3. The van der Waals surface area contributed by atoms with Crippen molar-refractivity contribution in [3.05, 3.63) is 75.3 Å². The van der Waals surface area contributed by atoms with E-state index >= 15 is 0 Å². The minimum atomic E-state index is 0.207. The highest BCUT2D eigenvalue weighted by molar-refractivity contribution is 9.10. The maximum atomic E-state index is 5.68. The Morgan fingerprint density at radius 3 is 2.39 bits per heavy atom. The first-order chi connectivity index (χ1) is 13.3. The lowest BCUT2D eigenvalue weighted by Crippen LogP contribution is -2.42. The van der Waals surface area contributed by atoms with Crippen LogP contribution in [0.25, 0.3) is 11.1 Å². The fourth-order valence-electron chi connectivity index (χ4n) is 4.01. The van der Waals surface area contributed by atoms with E-state index in [1.165, 1.54) is 27.8 Å². The minimum absolute atomic E-state index is 0.207. The molecule has 0 aromatic heterocycles. The van der Waals surface area contributed by atoms with Gasteiger partial charge in [0.05, 0.1) is 11.7 Å². The predicted octanol–water partition coefficient (Wildman–Crippen LogP) is 6.85. The summed E-state index contributed by atoms with van der Waals surface area (Å²) in [6, 6.07) is 10.9. The van der Waals surface area contributed by atoms with E-state index in [0.717, 1.165) is 15.7 Å². The summed E-state index contributed by atoms with van der Waals surface area (Å²) in [5, 5.41) is 7.58. The lowest BCUT2D eigenvalue weighted by Gasteiger charge is -2.28. The van der Waals surface area contributed by atoms with Crippen LogP contribution in [0, 0.1) is 26.7 Å². The Labute approximate surface area is 182 Å². The molecule has 2 aromatic rings. The van der Waals surface area contributed by atoms with Gasteiger partial charge in [-0.2, -0.15) is 0 Å². The van der Waals surface area contributed by atoms with Crippen LogP contribution in [0.4, 0.5) is 5.69 Å². The van der Waals surface area contributed by atoms with Crippen LogP contribution in [0.1, 0.15) is 30.5 Å². The monoisotopic (exact) mass is 454 g/mol. The molecule has 2 atom stereocenters. The van der Waals surface area contributed by atoms with Gasteiger partial charge >= 0.3 is 0 Å². The van der Waals surface area contributed by atoms with Gasteiger partial charge in [-0.15, -0.1) is 0 Å². The third-order valence-corrected chi connectivity index (χ3v) is 6.16. The lowest BCUT2D eigenvalue weighted by molar-refractivity contribution is 0.550. The van der Waals surface area contributed by atoms with Crippen molar-refractivity contribution in [3.8, 4) is 11.1 Å². The smallest absolute Gasteiger partial charge is 0.171 e. The average molecular weight is 455 g/mol. The molecule has 2 nitrogen and oxygen atoms in total. The molecule has 4 heteroatoms. The Morgan fingerprint density at radius 1 is 1.07 bits per heavy atom. The van der Waals surface area contributed by atoms with Gasteiger partial charge in [0.2, 0.25) is 0 Å². The summed E-state index contributed by atoms with van der Waals surface area (Å²) >= 11 is 9.40. The Balaban J connectivity index is 1.93. The summed E-state index contributed by atoms with van der Waals surface area (Å²) in [4.78, 5) is 0. The molecule has 3 rings (SSSR count). The molecule has 0 bridgehead atoms. The van der Waals surface area contributed by atoms with Gasteiger partial charge in [-0.3, -0.25) is 0 Å². The standard InChI is InChI=1S/C24H27BrN2S/c1-14-12-17(4)21(18(5)13-14)19-10-7-11-20(25)23(19)27-24(28)26-22-15(2)8-6-9-16(22)3/h6-13,15,22H,1-5H3,(H2,26,27,28). The Hall–Kier alpha value is -1.91. The molecule has 28 heavy (non-hydrogen) atoms. The first kappa shape index (κ1) is 20.8. The van der Waals surface area contributed by atoms with Gasteiger partial charge in [-0.05, 0) is 84.5 Å². The average Bonchev–Trinajstić information content (AvgIpc) is 2.60. The van der Waals surface area contributed by atoms with Crippen LogP contribution < -0.4 is 10.6 Å². The number of hydrogen-bond acceptors (Lipinski definition) is 1. The quantitative estimate of drug-likeness (QED) is 0.495. The van der Waals surface area contributed by atoms with Crippen molar-refractivity contribution in [2.75, 3.05) is 5.32 Å². The first-order valence-corrected chi connectivity index (χ1v) is 10.8. The highest BCUT2D eigenvalue weighted by Crippen LogP contribution is 2.38. The highest BCUT2D eigenvalue weighted by Gasteiger charge is 2.21. The number of benzene rings is 2. The van der Waals surface area contributed by atoms with Crippen molar-refractivity contribution in [1.82, 2.24) is 5.32 Å². The second kappa shape index (κ2) is 8.62. The van der Waals surface area contributed by atoms with Crippen LogP contribution in [0.15, 0.2) is 58.6 Å². The van der Waals surface area contributed by atoms with Gasteiger partial charge in [0, 0.05) is 10.0 Å². The molecule has 0 spiro atoms. The highest BCUT2D eigenvalue weighted by atomic mass is 79.9. The van der Waals surface area contributed by atoms with Crippen LogP contribution in [-0.2, 0) is 0 Å². The molecule has 0 amide bonds. The molecule has 146 valence electrons. The van der Waals surface area contributed by atoms with E-state index < -0.39 is 0 Å². The van der Waals surface area contributed by atoms with E-state index in [1.54, 1.807) is 0 Å². The molecule has 2 aromatic carbocycles. The topological polar surface area (TPSA) is 24.1 Å². The Kier molecular flexibility index (Phi) is 6.41. The first-order valence-electron chi connectivity index (χ1n) is 9.57. The van der Waals surface area contributed by atoms with Crippen molar-refractivity contribution in [2.45, 2.75) is 40.7 Å². The number of para-hydroxylation sites is 1. The van der Waals surface area contributed by atoms with E-state index in [2.05, 4.69) is 104 Å². The van der Waals surface area contributed by atoms with Crippen molar-refractivity contribution in [1.29, 1.82) is 0 Å². The molecule has 0 aliphatic heterocycles. The molecule has 0 heterocycles. The van der Waals surface area contributed by atoms with E-state index in [4.69, 9.17) is 12.2 Å². The molecule has 2 N–H and O–H groups in total. The summed E-state index contributed by atoms with van der Waals surface area (Å²) in [7, 11) is 0. The molecule has 2 unspecified atom stereocenters. The van der Waals surface area contributed by atoms with Crippen molar-refractivity contribution in [3.63, 3.8) is 0 Å². The third-order valence-electron chi connectivity index (χ3n) is 5.28. The fraction of sp³-hybridized carbons (Fsp3) is 0.292. The van der Waals surface area contributed by atoms with E-state index in [-0.39, 0.29) is 6.04 Å². The summed E-state index contributed by atoms with van der Waals surface area (Å²) < 4.78 is 0.998. The number of halogens is 1. The Bertz CT molecular complexity index is 952. The maximum Gasteiger partial charge on any atom is 0.171 e. The third kappa shape index (κ3) is 4.39.